The zero-order valence-corrected chi connectivity index (χ0v) is 30.7. The van der Waals surface area contributed by atoms with E-state index in [4.69, 9.17) is 14.2 Å². The van der Waals surface area contributed by atoms with Crippen LogP contribution in [0.25, 0.3) is 0 Å². The average molecular weight is 713 g/mol. The van der Waals surface area contributed by atoms with Crippen molar-refractivity contribution in [3.63, 3.8) is 0 Å². The molecule has 2 N–H and O–H groups in total. The molecule has 1 aliphatic rings. The van der Waals surface area contributed by atoms with Crippen LogP contribution in [0.3, 0.4) is 0 Å². The minimum atomic E-state index is -0.740. The number of hydrogen-bond donors (Lipinski definition) is 2. The van der Waals surface area contributed by atoms with Gasteiger partial charge in [0.2, 0.25) is 11.9 Å². The van der Waals surface area contributed by atoms with E-state index >= 15 is 4.39 Å². The summed E-state index contributed by atoms with van der Waals surface area (Å²) in [4.78, 5) is 39.3. The highest BCUT2D eigenvalue weighted by Crippen LogP contribution is 2.35. The second-order valence-corrected chi connectivity index (χ2v) is 13.1. The summed E-state index contributed by atoms with van der Waals surface area (Å²) >= 11 is 0. The van der Waals surface area contributed by atoms with Gasteiger partial charge in [-0.15, -0.1) is 0 Å². The number of aryl methyl sites for hydroxylation is 2. The first-order valence-corrected chi connectivity index (χ1v) is 17.9. The first-order valence-electron chi connectivity index (χ1n) is 17.9. The zero-order chi connectivity index (χ0) is 37.0. The quantitative estimate of drug-likeness (QED) is 0.118. The molecule has 52 heavy (non-hydrogen) atoms. The van der Waals surface area contributed by atoms with Crippen molar-refractivity contribution in [2.45, 2.75) is 72.3 Å². The van der Waals surface area contributed by atoms with Crippen LogP contribution >= 0.6 is 0 Å². The first-order chi connectivity index (χ1) is 25.1. The van der Waals surface area contributed by atoms with Crippen molar-refractivity contribution < 1.29 is 28.2 Å². The Morgan fingerprint density at radius 1 is 0.981 bits per heavy atom. The Morgan fingerprint density at radius 3 is 2.44 bits per heavy atom. The van der Waals surface area contributed by atoms with Crippen LogP contribution in [0.2, 0.25) is 0 Å². The van der Waals surface area contributed by atoms with Crippen molar-refractivity contribution >= 4 is 35.1 Å². The fraction of sp³-hybridized carbons (Fsp3) is 0.400. The maximum atomic E-state index is 15.1. The maximum Gasteiger partial charge on any atom is 0.425 e. The van der Waals surface area contributed by atoms with E-state index in [1.165, 1.54) is 43.5 Å². The van der Waals surface area contributed by atoms with Crippen LogP contribution in [0.1, 0.15) is 62.6 Å². The number of para-hydroxylation sites is 1. The summed E-state index contributed by atoms with van der Waals surface area (Å²) in [5.74, 6) is 0.412. The number of benzene rings is 3. The molecule has 1 unspecified atom stereocenters. The molecule has 2 amide bonds. The predicted octanol–water partition coefficient (Wildman–Crippen LogP) is 8.03. The van der Waals surface area contributed by atoms with Gasteiger partial charge in [0.05, 0.1) is 25.8 Å². The lowest BCUT2D eigenvalue weighted by Gasteiger charge is -2.26. The van der Waals surface area contributed by atoms with Crippen LogP contribution in [0.15, 0.2) is 66.9 Å². The van der Waals surface area contributed by atoms with Gasteiger partial charge in [0.1, 0.15) is 5.82 Å². The minimum Gasteiger partial charge on any atom is -0.493 e. The number of nitrogens with one attached hydrogen (secondary N) is 2. The molecule has 0 bridgehead atoms. The van der Waals surface area contributed by atoms with Crippen molar-refractivity contribution in [2.24, 2.45) is 0 Å². The van der Waals surface area contributed by atoms with E-state index in [0.717, 1.165) is 43.6 Å². The highest BCUT2D eigenvalue weighted by molar-refractivity contribution is 5.98. The van der Waals surface area contributed by atoms with Crippen LogP contribution in [-0.2, 0) is 11.2 Å². The molecule has 1 aromatic heterocycles. The van der Waals surface area contributed by atoms with Crippen molar-refractivity contribution in [1.82, 2.24) is 20.2 Å². The third-order valence-electron chi connectivity index (χ3n) is 9.04. The van der Waals surface area contributed by atoms with Gasteiger partial charge in [-0.1, -0.05) is 37.6 Å². The van der Waals surface area contributed by atoms with Gasteiger partial charge in [0.15, 0.2) is 23.1 Å². The zero-order valence-electron chi connectivity index (χ0n) is 30.7. The van der Waals surface area contributed by atoms with E-state index in [1.807, 2.05) is 45.9 Å². The number of anilines is 4. The minimum absolute atomic E-state index is 0.0632. The lowest BCUT2D eigenvalue weighted by Crippen LogP contribution is -2.33. The fourth-order valence-corrected chi connectivity index (χ4v) is 6.13. The number of aromatic nitrogens is 2. The van der Waals surface area contributed by atoms with Crippen LogP contribution < -0.4 is 29.7 Å². The topological polar surface area (TPSA) is 118 Å². The number of carbonyl (C=O) groups is 2. The molecule has 0 saturated carbocycles. The summed E-state index contributed by atoms with van der Waals surface area (Å²) in [6, 6.07) is 17.0. The summed E-state index contributed by atoms with van der Waals surface area (Å²) in [6.45, 7) is 11.3. The van der Waals surface area contributed by atoms with Crippen LogP contribution in [0.4, 0.5) is 32.3 Å². The number of likely N-dealkylation sites (tertiary alicyclic amines) is 1. The average Bonchev–Trinajstić information content (AvgIpc) is 3.13. The van der Waals surface area contributed by atoms with E-state index in [-0.39, 0.29) is 41.6 Å². The Balaban J connectivity index is 1.32. The lowest BCUT2D eigenvalue weighted by atomic mass is 10.1. The number of nitrogens with zero attached hydrogens (tertiary/aromatic N) is 4. The molecule has 12 heteroatoms. The smallest absolute Gasteiger partial charge is 0.425 e. The van der Waals surface area contributed by atoms with Gasteiger partial charge in [0, 0.05) is 36.6 Å². The van der Waals surface area contributed by atoms with Crippen molar-refractivity contribution in [3.05, 3.63) is 89.4 Å². The van der Waals surface area contributed by atoms with Gasteiger partial charge in [-0.25, -0.2) is 19.1 Å². The normalized spacial score (nSPS) is 13.6. The number of piperidine rings is 1. The second-order valence-electron chi connectivity index (χ2n) is 13.1. The Hall–Kier alpha value is -5.23. The summed E-state index contributed by atoms with van der Waals surface area (Å²) in [7, 11) is 1.47. The predicted molar refractivity (Wildman–Crippen MR) is 201 cm³/mol. The molecule has 5 rings (SSSR count). The highest BCUT2D eigenvalue weighted by Gasteiger charge is 2.27. The van der Waals surface area contributed by atoms with E-state index in [2.05, 4.69) is 25.5 Å². The lowest BCUT2D eigenvalue weighted by molar-refractivity contribution is -0.121. The molecule has 1 aliphatic heterocycles. The molecule has 1 atom stereocenters. The molecular weight excluding hydrogens is 663 g/mol. The fourth-order valence-electron chi connectivity index (χ4n) is 6.13. The molecule has 2 heterocycles. The van der Waals surface area contributed by atoms with Crippen molar-refractivity contribution in [2.75, 3.05) is 43.6 Å². The maximum absolute atomic E-state index is 15.1. The summed E-state index contributed by atoms with van der Waals surface area (Å²) in [5, 5.41) is 6.00. The molecule has 276 valence electrons. The van der Waals surface area contributed by atoms with Gasteiger partial charge in [-0.05, 0) is 100 Å². The number of ether oxygens (including phenoxy) is 3. The first kappa shape index (κ1) is 38.0. The van der Waals surface area contributed by atoms with Crippen molar-refractivity contribution in [1.29, 1.82) is 0 Å². The molecule has 0 aliphatic carbocycles. The number of carbonyl (C=O) groups excluding carboxylic acids is 2. The van der Waals surface area contributed by atoms with Crippen molar-refractivity contribution in [3.8, 4) is 17.2 Å². The van der Waals surface area contributed by atoms with Gasteiger partial charge in [-0.2, -0.15) is 4.98 Å². The SMILES string of the molecule is CCC(C)NC(=O)Cc1ccc(OC(=O)N(c2ccnc(Nc3ccc(OCCCN4CCCCC4)c(F)c3)n2)c2c(C)cccc2C)c(OC)c1. The summed E-state index contributed by atoms with van der Waals surface area (Å²) in [5.41, 5.74) is 3.34. The third-order valence-corrected chi connectivity index (χ3v) is 9.04. The summed E-state index contributed by atoms with van der Waals surface area (Å²) in [6.07, 6.45) is 6.33. The molecular formula is C40H49FN6O5. The number of halogens is 1. The Bertz CT molecular complexity index is 1810. The van der Waals surface area contributed by atoms with Crippen LogP contribution in [-0.4, -0.2) is 66.3 Å². The van der Waals surface area contributed by atoms with Gasteiger partial charge in [0.25, 0.3) is 0 Å². The molecule has 1 fully saturated rings. The van der Waals surface area contributed by atoms with E-state index < -0.39 is 11.9 Å². The Morgan fingerprint density at radius 2 is 1.73 bits per heavy atom. The molecule has 0 radical (unpaired) electrons. The molecule has 1 saturated heterocycles. The molecule has 11 nitrogen and oxygen atoms in total. The monoisotopic (exact) mass is 712 g/mol. The number of methoxy groups -OCH3 is 1. The second kappa shape index (κ2) is 18.3. The standard InChI is InChI=1S/C40H49FN6O5/c1-6-29(4)43-37(48)25-30-14-16-34(35(24-30)50-5)52-40(49)47(38-27(2)12-10-13-28(38)3)36-18-19-42-39(45-36)44-31-15-17-33(32(41)26-31)51-23-11-22-46-20-8-7-9-21-46/h10,12-19,24,26,29H,6-9,11,20-23,25H2,1-5H3,(H,43,48)(H,42,44,45). The molecule has 0 spiro atoms. The molecule has 3 aromatic carbocycles. The van der Waals surface area contributed by atoms with Crippen LogP contribution in [0.5, 0.6) is 17.2 Å². The van der Waals surface area contributed by atoms with E-state index in [9.17, 15) is 9.59 Å². The van der Waals surface area contributed by atoms with Gasteiger partial charge >= 0.3 is 6.09 Å². The summed E-state index contributed by atoms with van der Waals surface area (Å²) < 4.78 is 32.3. The Kier molecular flexibility index (Phi) is 13.4. The number of hydrogen-bond acceptors (Lipinski definition) is 9. The van der Waals surface area contributed by atoms with E-state index in [0.29, 0.717) is 29.3 Å². The molecule has 4 aromatic rings. The number of amides is 2. The van der Waals surface area contributed by atoms with Gasteiger partial charge < -0.3 is 29.7 Å². The Labute approximate surface area is 305 Å². The van der Waals surface area contributed by atoms with Gasteiger partial charge in [-0.3, -0.25) is 4.79 Å². The van der Waals surface area contributed by atoms with E-state index in [1.54, 1.807) is 36.4 Å². The number of rotatable bonds is 15. The van der Waals surface area contributed by atoms with Crippen LogP contribution in [0, 0.1) is 19.7 Å². The third kappa shape index (κ3) is 10.2. The largest absolute Gasteiger partial charge is 0.493 e. The highest BCUT2D eigenvalue weighted by atomic mass is 19.1.